The summed E-state index contributed by atoms with van der Waals surface area (Å²) in [6.45, 7) is 7.38. The van der Waals surface area contributed by atoms with Crippen LogP contribution in [0, 0.1) is 20.8 Å². The molecule has 3 atom stereocenters. The first kappa shape index (κ1) is 15.6. The van der Waals surface area contributed by atoms with Gasteiger partial charge >= 0.3 is 0 Å². The third-order valence-corrected chi connectivity index (χ3v) is 4.08. The molecule has 0 N–H and O–H groups in total. The Labute approximate surface area is 126 Å². The van der Waals surface area contributed by atoms with Gasteiger partial charge in [-0.25, -0.2) is 0 Å². The van der Waals surface area contributed by atoms with Crippen molar-refractivity contribution in [3.05, 3.63) is 28.8 Å². The molecule has 20 heavy (non-hydrogen) atoms. The Kier molecular flexibility index (Phi) is 5.30. The van der Waals surface area contributed by atoms with Crippen LogP contribution in [0.15, 0.2) is 12.1 Å². The Balaban J connectivity index is 1.99. The van der Waals surface area contributed by atoms with Crippen molar-refractivity contribution in [2.75, 3.05) is 20.3 Å². The average molecular weight is 299 g/mol. The molecule has 0 aliphatic heterocycles. The maximum absolute atomic E-state index is 6.21. The molecule has 1 aliphatic carbocycles. The largest absolute Gasteiger partial charge is 0.487 e. The van der Waals surface area contributed by atoms with Gasteiger partial charge in [0.25, 0.3) is 0 Å². The van der Waals surface area contributed by atoms with E-state index >= 15 is 0 Å². The number of methoxy groups -OCH3 is 1. The second kappa shape index (κ2) is 6.79. The van der Waals surface area contributed by atoms with Gasteiger partial charge in [0.05, 0.1) is 18.6 Å². The molecule has 0 bridgehead atoms. The highest BCUT2D eigenvalue weighted by molar-refractivity contribution is 6.21. The summed E-state index contributed by atoms with van der Waals surface area (Å²) in [6.07, 6.45) is 0.813. The lowest BCUT2D eigenvalue weighted by molar-refractivity contribution is -0.0901. The fourth-order valence-electron chi connectivity index (χ4n) is 2.63. The third-order valence-electron chi connectivity index (χ3n) is 3.65. The van der Waals surface area contributed by atoms with Crippen LogP contribution in [-0.2, 0) is 9.47 Å². The lowest BCUT2D eigenvalue weighted by atomic mass is 9.90. The summed E-state index contributed by atoms with van der Waals surface area (Å²) < 4.78 is 16.9. The molecule has 4 heteroatoms. The van der Waals surface area contributed by atoms with Crippen molar-refractivity contribution < 1.29 is 14.2 Å². The topological polar surface area (TPSA) is 27.7 Å². The van der Waals surface area contributed by atoms with Crippen LogP contribution in [0.25, 0.3) is 0 Å². The molecule has 1 saturated carbocycles. The van der Waals surface area contributed by atoms with Crippen molar-refractivity contribution in [3.8, 4) is 5.75 Å². The fraction of sp³-hybridized carbons (Fsp3) is 0.625. The van der Waals surface area contributed by atoms with Crippen molar-refractivity contribution in [1.82, 2.24) is 0 Å². The number of halogens is 1. The van der Waals surface area contributed by atoms with E-state index in [1.165, 1.54) is 5.56 Å². The molecule has 0 amide bonds. The Morgan fingerprint density at radius 2 is 1.80 bits per heavy atom. The summed E-state index contributed by atoms with van der Waals surface area (Å²) in [6, 6.07) is 4.28. The minimum Gasteiger partial charge on any atom is -0.487 e. The average Bonchev–Trinajstić information content (AvgIpc) is 2.37. The molecule has 1 aromatic carbocycles. The zero-order chi connectivity index (χ0) is 14.7. The van der Waals surface area contributed by atoms with Gasteiger partial charge in [0.2, 0.25) is 0 Å². The van der Waals surface area contributed by atoms with E-state index in [0.717, 1.165) is 23.3 Å². The van der Waals surface area contributed by atoms with E-state index < -0.39 is 0 Å². The normalized spacial score (nSPS) is 25.4. The molecule has 3 unspecified atom stereocenters. The summed E-state index contributed by atoms with van der Waals surface area (Å²) in [7, 11) is 1.66. The first-order chi connectivity index (χ1) is 9.52. The van der Waals surface area contributed by atoms with Crippen molar-refractivity contribution in [1.29, 1.82) is 0 Å². The molecular formula is C16H23ClO3. The predicted octanol–water partition coefficient (Wildman–Crippen LogP) is 3.40. The molecule has 3 nitrogen and oxygen atoms in total. The Hall–Kier alpha value is -0.770. The van der Waals surface area contributed by atoms with Crippen molar-refractivity contribution >= 4 is 11.6 Å². The Morgan fingerprint density at radius 3 is 2.35 bits per heavy atom. The van der Waals surface area contributed by atoms with E-state index in [1.807, 2.05) is 0 Å². The van der Waals surface area contributed by atoms with E-state index in [4.69, 9.17) is 25.8 Å². The number of aryl methyl sites for hydroxylation is 3. The Morgan fingerprint density at radius 1 is 1.15 bits per heavy atom. The van der Waals surface area contributed by atoms with Crippen LogP contribution < -0.4 is 4.74 Å². The van der Waals surface area contributed by atoms with Crippen LogP contribution >= 0.6 is 11.6 Å². The van der Waals surface area contributed by atoms with Crippen LogP contribution in [0.5, 0.6) is 5.75 Å². The van der Waals surface area contributed by atoms with Gasteiger partial charge in [0, 0.05) is 13.5 Å². The number of benzene rings is 1. The summed E-state index contributed by atoms with van der Waals surface area (Å²) >= 11 is 6.21. The second-order valence-electron chi connectivity index (χ2n) is 5.46. The molecule has 1 aliphatic rings. The van der Waals surface area contributed by atoms with Gasteiger partial charge in [-0.15, -0.1) is 11.6 Å². The van der Waals surface area contributed by atoms with Crippen molar-refractivity contribution in [2.24, 2.45) is 0 Å². The molecule has 0 heterocycles. The summed E-state index contributed by atoms with van der Waals surface area (Å²) in [5.74, 6) is 0.963. The zero-order valence-electron chi connectivity index (χ0n) is 12.6. The van der Waals surface area contributed by atoms with E-state index in [0.29, 0.717) is 13.2 Å². The third kappa shape index (κ3) is 3.46. The van der Waals surface area contributed by atoms with Gasteiger partial charge < -0.3 is 14.2 Å². The lowest BCUT2D eigenvalue weighted by Gasteiger charge is -2.41. The molecule has 0 aromatic heterocycles. The minimum absolute atomic E-state index is 0.0305. The molecule has 0 saturated heterocycles. The van der Waals surface area contributed by atoms with Crippen molar-refractivity contribution in [3.63, 3.8) is 0 Å². The summed E-state index contributed by atoms with van der Waals surface area (Å²) in [4.78, 5) is 0. The standard InChI is InChI=1S/C16H23ClO3/c1-10-7-11(2)15(12(3)8-10)20-14-9-13(17)16(14)19-6-5-18-4/h7-8,13-14,16H,5-6,9H2,1-4H3. The van der Waals surface area contributed by atoms with Gasteiger partial charge in [-0.3, -0.25) is 0 Å². The maximum Gasteiger partial charge on any atom is 0.128 e. The SMILES string of the molecule is COCCOC1C(Cl)CC1Oc1c(C)cc(C)cc1C. The quantitative estimate of drug-likeness (QED) is 0.595. The molecule has 0 radical (unpaired) electrons. The zero-order valence-corrected chi connectivity index (χ0v) is 13.4. The number of alkyl halides is 1. The van der Waals surface area contributed by atoms with Gasteiger partial charge in [-0.05, 0) is 31.9 Å². The first-order valence-corrected chi connectivity index (χ1v) is 7.45. The predicted molar refractivity (Wildman–Crippen MR) is 80.9 cm³/mol. The molecule has 1 aromatic rings. The molecular weight excluding hydrogens is 276 g/mol. The van der Waals surface area contributed by atoms with Crippen molar-refractivity contribution in [2.45, 2.75) is 44.8 Å². The molecule has 0 spiro atoms. The van der Waals surface area contributed by atoms with E-state index in [1.54, 1.807) is 7.11 Å². The van der Waals surface area contributed by atoms with E-state index in [2.05, 4.69) is 32.9 Å². The van der Waals surface area contributed by atoms with Gasteiger partial charge in [-0.2, -0.15) is 0 Å². The molecule has 112 valence electrons. The smallest absolute Gasteiger partial charge is 0.128 e. The monoisotopic (exact) mass is 298 g/mol. The van der Waals surface area contributed by atoms with Crippen LogP contribution in [0.2, 0.25) is 0 Å². The van der Waals surface area contributed by atoms with E-state index in [-0.39, 0.29) is 17.6 Å². The lowest BCUT2D eigenvalue weighted by Crippen LogP contribution is -2.53. The maximum atomic E-state index is 6.21. The van der Waals surface area contributed by atoms with E-state index in [9.17, 15) is 0 Å². The van der Waals surface area contributed by atoms with Gasteiger partial charge in [0.1, 0.15) is 18.0 Å². The minimum atomic E-state index is -0.0491. The first-order valence-electron chi connectivity index (χ1n) is 7.02. The highest BCUT2D eigenvalue weighted by Crippen LogP contribution is 2.35. The van der Waals surface area contributed by atoms with Crippen LogP contribution in [0.4, 0.5) is 0 Å². The molecule has 1 fully saturated rings. The number of hydrogen-bond acceptors (Lipinski definition) is 3. The van der Waals surface area contributed by atoms with Gasteiger partial charge in [-0.1, -0.05) is 17.7 Å². The second-order valence-corrected chi connectivity index (χ2v) is 6.02. The number of ether oxygens (including phenoxy) is 3. The summed E-state index contributed by atoms with van der Waals surface area (Å²) in [5, 5.41) is 0.0305. The van der Waals surface area contributed by atoms with Crippen LogP contribution in [0.1, 0.15) is 23.1 Å². The summed E-state index contributed by atoms with van der Waals surface area (Å²) in [5.41, 5.74) is 3.58. The fourth-order valence-corrected chi connectivity index (χ4v) is 3.04. The number of hydrogen-bond donors (Lipinski definition) is 0. The highest BCUT2D eigenvalue weighted by Gasteiger charge is 2.43. The van der Waals surface area contributed by atoms with Crippen LogP contribution in [-0.4, -0.2) is 37.9 Å². The van der Waals surface area contributed by atoms with Crippen LogP contribution in [0.3, 0.4) is 0 Å². The van der Waals surface area contributed by atoms with Gasteiger partial charge in [0.15, 0.2) is 0 Å². The molecule has 2 rings (SSSR count). The highest BCUT2D eigenvalue weighted by atomic mass is 35.5. The number of rotatable bonds is 6. The Bertz CT molecular complexity index is 438.